The van der Waals surface area contributed by atoms with Crippen molar-refractivity contribution in [1.29, 1.82) is 0 Å². The molecular weight excluding hydrogens is 518 g/mol. The van der Waals surface area contributed by atoms with Gasteiger partial charge in [-0.05, 0) is 64.1 Å². The molecule has 0 aliphatic carbocycles. The van der Waals surface area contributed by atoms with Crippen LogP contribution in [0.15, 0.2) is 96.0 Å². The van der Waals surface area contributed by atoms with Gasteiger partial charge in [0.15, 0.2) is 5.96 Å². The van der Waals surface area contributed by atoms with E-state index in [1.165, 1.54) is 16.5 Å². The maximum Gasteiger partial charge on any atom is 0.227 e. The van der Waals surface area contributed by atoms with E-state index in [9.17, 15) is 4.79 Å². The van der Waals surface area contributed by atoms with Crippen molar-refractivity contribution in [2.45, 2.75) is 31.8 Å². The Bertz CT molecular complexity index is 1480. The van der Waals surface area contributed by atoms with Gasteiger partial charge in [-0.3, -0.25) is 14.7 Å². The van der Waals surface area contributed by atoms with Gasteiger partial charge in [-0.25, -0.2) is 0 Å². The second-order valence-electron chi connectivity index (χ2n) is 10.5. The molecule has 1 amide bonds. The third-order valence-electron chi connectivity index (χ3n) is 7.61. The summed E-state index contributed by atoms with van der Waals surface area (Å²) >= 11 is 6.09. The molecule has 40 heavy (non-hydrogen) atoms. The molecule has 1 saturated heterocycles. The summed E-state index contributed by atoms with van der Waals surface area (Å²) in [7, 11) is 0. The normalized spacial score (nSPS) is 15.7. The first-order valence-electron chi connectivity index (χ1n) is 13.8. The monoisotopic (exact) mass is 553 g/mol. The number of amides is 1. The molecular formula is C33H36ClN5O. The zero-order valence-electron chi connectivity index (χ0n) is 22.7. The Morgan fingerprint density at radius 3 is 2.45 bits per heavy atom. The molecule has 1 fully saturated rings. The van der Waals surface area contributed by atoms with Crippen LogP contribution in [-0.2, 0) is 17.8 Å². The smallest absolute Gasteiger partial charge is 0.227 e. The number of nitrogens with two attached hydrogens (primary N) is 2. The van der Waals surface area contributed by atoms with Crippen molar-refractivity contribution in [2.75, 3.05) is 26.2 Å². The van der Waals surface area contributed by atoms with Gasteiger partial charge in [-0.2, -0.15) is 0 Å². The second kappa shape index (κ2) is 13.0. The highest BCUT2D eigenvalue weighted by Crippen LogP contribution is 2.25. The SMILES string of the molecule is NC(N)=NCCCC1CN(C(=O)Cc2ccc3ccccc3c2)CCN1Cc1cccc(-c2ccc(Cl)cc2)c1. The van der Waals surface area contributed by atoms with Crippen molar-refractivity contribution in [3.8, 4) is 11.1 Å². The number of hydrogen-bond acceptors (Lipinski definition) is 3. The lowest BCUT2D eigenvalue weighted by Crippen LogP contribution is -2.54. The quantitative estimate of drug-likeness (QED) is 0.163. The molecule has 1 unspecified atom stereocenters. The minimum absolute atomic E-state index is 0.117. The van der Waals surface area contributed by atoms with Gasteiger partial charge in [-0.1, -0.05) is 84.4 Å². The van der Waals surface area contributed by atoms with Gasteiger partial charge in [-0.15, -0.1) is 0 Å². The summed E-state index contributed by atoms with van der Waals surface area (Å²) in [5.74, 6) is 0.292. The zero-order valence-corrected chi connectivity index (χ0v) is 23.4. The Morgan fingerprint density at radius 1 is 0.850 bits per heavy atom. The van der Waals surface area contributed by atoms with Crippen LogP contribution >= 0.6 is 11.6 Å². The molecule has 0 spiro atoms. The van der Waals surface area contributed by atoms with Crippen LogP contribution in [0.2, 0.25) is 5.02 Å². The van der Waals surface area contributed by atoms with Gasteiger partial charge in [0, 0.05) is 43.8 Å². The van der Waals surface area contributed by atoms with Gasteiger partial charge in [0.25, 0.3) is 0 Å². The van der Waals surface area contributed by atoms with Crippen LogP contribution in [0, 0.1) is 0 Å². The number of hydrogen-bond donors (Lipinski definition) is 2. The van der Waals surface area contributed by atoms with Crippen molar-refractivity contribution >= 4 is 34.2 Å². The van der Waals surface area contributed by atoms with Crippen molar-refractivity contribution in [1.82, 2.24) is 9.80 Å². The van der Waals surface area contributed by atoms with Crippen LogP contribution in [0.25, 0.3) is 21.9 Å². The van der Waals surface area contributed by atoms with Gasteiger partial charge in [0.2, 0.25) is 5.91 Å². The summed E-state index contributed by atoms with van der Waals surface area (Å²) < 4.78 is 0. The molecule has 0 bridgehead atoms. The Hall–Kier alpha value is -3.87. The Morgan fingerprint density at radius 2 is 1.65 bits per heavy atom. The standard InChI is InChI=1S/C33H36ClN5O/c34-30-14-12-27(13-15-30)29-8-3-5-25(20-29)22-38-17-18-39(23-31(38)9-4-16-37-33(35)36)32(40)21-24-10-11-26-6-1-2-7-28(26)19-24/h1-3,5-8,10-15,19-20,31H,4,9,16-18,21-23H2,(H4,35,36,37). The fourth-order valence-corrected chi connectivity index (χ4v) is 5.62. The van der Waals surface area contributed by atoms with E-state index < -0.39 is 0 Å². The first-order chi connectivity index (χ1) is 19.4. The van der Waals surface area contributed by atoms with E-state index in [1.54, 1.807) is 0 Å². The van der Waals surface area contributed by atoms with Gasteiger partial charge in [0.1, 0.15) is 0 Å². The second-order valence-corrected chi connectivity index (χ2v) is 10.9. The van der Waals surface area contributed by atoms with Crippen molar-refractivity contribution in [3.05, 3.63) is 107 Å². The summed E-state index contributed by atoms with van der Waals surface area (Å²) in [5.41, 5.74) is 15.7. The lowest BCUT2D eigenvalue weighted by Gasteiger charge is -2.42. The number of halogens is 1. The highest BCUT2D eigenvalue weighted by Gasteiger charge is 2.29. The number of piperazine rings is 1. The summed E-state index contributed by atoms with van der Waals surface area (Å²) in [5, 5.41) is 3.08. The molecule has 1 aliphatic rings. The number of benzene rings is 4. The maximum absolute atomic E-state index is 13.4. The van der Waals surface area contributed by atoms with E-state index in [0.717, 1.165) is 47.5 Å². The van der Waals surface area contributed by atoms with Crippen molar-refractivity contribution in [3.63, 3.8) is 0 Å². The van der Waals surface area contributed by atoms with Crippen LogP contribution in [0.4, 0.5) is 0 Å². The molecule has 7 heteroatoms. The van der Waals surface area contributed by atoms with E-state index in [1.807, 2.05) is 41.3 Å². The van der Waals surface area contributed by atoms with E-state index in [0.29, 0.717) is 26.1 Å². The zero-order chi connectivity index (χ0) is 27.9. The van der Waals surface area contributed by atoms with E-state index in [2.05, 4.69) is 64.5 Å². The molecule has 4 aromatic rings. The Labute approximate surface area is 241 Å². The van der Waals surface area contributed by atoms with Crippen LogP contribution in [-0.4, -0.2) is 53.9 Å². The Balaban J connectivity index is 1.27. The first kappa shape index (κ1) is 27.7. The van der Waals surface area contributed by atoms with E-state index >= 15 is 0 Å². The molecule has 206 valence electrons. The molecule has 4 aromatic carbocycles. The predicted molar refractivity (Wildman–Crippen MR) is 165 cm³/mol. The topological polar surface area (TPSA) is 88.0 Å². The van der Waals surface area contributed by atoms with Crippen LogP contribution in [0.1, 0.15) is 24.0 Å². The molecule has 5 rings (SSSR count). The molecule has 0 saturated carbocycles. The third kappa shape index (κ3) is 7.20. The van der Waals surface area contributed by atoms with E-state index in [4.69, 9.17) is 23.1 Å². The molecule has 1 heterocycles. The summed E-state index contributed by atoms with van der Waals surface area (Å²) in [6.45, 7) is 3.64. The van der Waals surface area contributed by atoms with Gasteiger partial charge in [0.05, 0.1) is 6.42 Å². The summed E-state index contributed by atoms with van der Waals surface area (Å²) in [6, 6.07) is 31.4. The minimum Gasteiger partial charge on any atom is -0.370 e. The van der Waals surface area contributed by atoms with Gasteiger partial charge >= 0.3 is 0 Å². The number of carbonyl (C=O) groups excluding carboxylic acids is 1. The lowest BCUT2D eigenvalue weighted by molar-refractivity contribution is -0.133. The van der Waals surface area contributed by atoms with Crippen LogP contribution < -0.4 is 11.5 Å². The number of nitrogens with zero attached hydrogens (tertiary/aromatic N) is 3. The number of aliphatic imine (C=N–C) groups is 1. The molecule has 1 atom stereocenters. The largest absolute Gasteiger partial charge is 0.370 e. The Kier molecular flexibility index (Phi) is 8.99. The molecule has 4 N–H and O–H groups in total. The number of carbonyl (C=O) groups is 1. The maximum atomic E-state index is 13.4. The fourth-order valence-electron chi connectivity index (χ4n) is 5.50. The number of rotatable bonds is 9. The van der Waals surface area contributed by atoms with Crippen molar-refractivity contribution in [2.24, 2.45) is 16.5 Å². The fraction of sp³-hybridized carbons (Fsp3) is 0.273. The highest BCUT2D eigenvalue weighted by molar-refractivity contribution is 6.30. The van der Waals surface area contributed by atoms with Crippen LogP contribution in [0.5, 0.6) is 0 Å². The average molecular weight is 554 g/mol. The molecule has 0 radical (unpaired) electrons. The lowest BCUT2D eigenvalue weighted by atomic mass is 10.0. The average Bonchev–Trinajstić information content (AvgIpc) is 2.96. The summed E-state index contributed by atoms with van der Waals surface area (Å²) in [4.78, 5) is 22.1. The predicted octanol–water partition coefficient (Wildman–Crippen LogP) is 5.47. The molecule has 1 aliphatic heterocycles. The van der Waals surface area contributed by atoms with E-state index in [-0.39, 0.29) is 17.9 Å². The minimum atomic E-state index is 0.117. The number of guanidine groups is 1. The molecule has 6 nitrogen and oxygen atoms in total. The number of fused-ring (bicyclic) bond motifs is 1. The first-order valence-corrected chi connectivity index (χ1v) is 14.2. The summed E-state index contributed by atoms with van der Waals surface area (Å²) in [6.07, 6.45) is 2.18. The third-order valence-corrected chi connectivity index (χ3v) is 7.86. The molecule has 0 aromatic heterocycles. The van der Waals surface area contributed by atoms with Crippen molar-refractivity contribution < 1.29 is 4.79 Å². The van der Waals surface area contributed by atoms with Crippen LogP contribution in [0.3, 0.4) is 0 Å². The van der Waals surface area contributed by atoms with Gasteiger partial charge < -0.3 is 16.4 Å². The highest BCUT2D eigenvalue weighted by atomic mass is 35.5.